The van der Waals surface area contributed by atoms with E-state index < -0.39 is 47.2 Å². The predicted molar refractivity (Wildman–Crippen MR) is 135 cm³/mol. The molecule has 3 rings (SSSR count). The lowest BCUT2D eigenvalue weighted by Gasteiger charge is -2.23. The molecular formula is C26H30N4O6. The van der Waals surface area contributed by atoms with E-state index in [1.54, 1.807) is 54.6 Å². The van der Waals surface area contributed by atoms with Crippen LogP contribution in [-0.2, 0) is 20.8 Å². The molecule has 0 bridgehead atoms. The number of nitrogens with one attached hydrogen (secondary N) is 3. The molecule has 0 saturated carbocycles. The zero-order valence-corrected chi connectivity index (χ0v) is 20.4. The summed E-state index contributed by atoms with van der Waals surface area (Å²) in [5.74, 6) is -2.56. The molecule has 10 heteroatoms. The zero-order chi connectivity index (χ0) is 26.4. The van der Waals surface area contributed by atoms with Crippen LogP contribution in [0.25, 0.3) is 10.9 Å². The maximum absolute atomic E-state index is 13.4. The Balaban J connectivity index is 1.92. The number of benzene rings is 2. The van der Waals surface area contributed by atoms with Gasteiger partial charge in [-0.2, -0.15) is 0 Å². The van der Waals surface area contributed by atoms with Crippen LogP contribution in [0.1, 0.15) is 38.8 Å². The van der Waals surface area contributed by atoms with Crippen LogP contribution in [0, 0.1) is 5.92 Å². The molecule has 0 fully saturated rings. The molecule has 0 radical (unpaired) electrons. The first-order valence-electron chi connectivity index (χ1n) is 11.7. The van der Waals surface area contributed by atoms with E-state index in [1.807, 2.05) is 13.8 Å². The van der Waals surface area contributed by atoms with E-state index in [2.05, 4.69) is 15.6 Å². The molecule has 2 aromatic carbocycles. The monoisotopic (exact) mass is 494 g/mol. The van der Waals surface area contributed by atoms with Crippen molar-refractivity contribution in [2.24, 2.45) is 5.92 Å². The number of hydrogen-bond acceptors (Lipinski definition) is 5. The molecule has 3 atom stereocenters. The van der Waals surface area contributed by atoms with Crippen LogP contribution in [0.2, 0.25) is 0 Å². The molecule has 0 aliphatic heterocycles. The Kier molecular flexibility index (Phi) is 8.42. The van der Waals surface area contributed by atoms with Crippen molar-refractivity contribution in [1.82, 2.24) is 20.2 Å². The van der Waals surface area contributed by atoms with Gasteiger partial charge < -0.3 is 20.7 Å². The molecule has 0 spiro atoms. The number of carboxylic acid groups (broad SMARTS) is 1. The van der Waals surface area contributed by atoms with Gasteiger partial charge in [0.1, 0.15) is 18.1 Å². The van der Waals surface area contributed by atoms with E-state index in [-0.39, 0.29) is 24.1 Å². The van der Waals surface area contributed by atoms with Gasteiger partial charge in [-0.3, -0.25) is 14.4 Å². The van der Waals surface area contributed by atoms with Gasteiger partial charge in [-0.15, -0.1) is 0 Å². The van der Waals surface area contributed by atoms with Gasteiger partial charge in [0.15, 0.2) is 0 Å². The SMILES string of the molecule is CC(C)C[C@H](NC(=O)[C@H](C)NC(=O)[C@H](Cc1ccccc1)n1c(=O)[nH]c2ccccc2c1=O)C(=O)O. The molecule has 190 valence electrons. The van der Waals surface area contributed by atoms with Crippen LogP contribution in [0.5, 0.6) is 0 Å². The van der Waals surface area contributed by atoms with Crippen molar-refractivity contribution in [3.63, 3.8) is 0 Å². The number of nitrogens with zero attached hydrogens (tertiary/aromatic N) is 1. The summed E-state index contributed by atoms with van der Waals surface area (Å²) in [7, 11) is 0. The first-order chi connectivity index (χ1) is 17.1. The van der Waals surface area contributed by atoms with Crippen LogP contribution >= 0.6 is 0 Å². The minimum atomic E-state index is -1.26. The highest BCUT2D eigenvalue weighted by Crippen LogP contribution is 2.14. The van der Waals surface area contributed by atoms with Crippen LogP contribution in [0.4, 0.5) is 0 Å². The van der Waals surface area contributed by atoms with Crippen molar-refractivity contribution in [3.8, 4) is 0 Å². The average Bonchev–Trinajstić information content (AvgIpc) is 2.83. The first-order valence-corrected chi connectivity index (χ1v) is 11.7. The molecule has 3 aromatic rings. The van der Waals surface area contributed by atoms with Gasteiger partial charge >= 0.3 is 11.7 Å². The van der Waals surface area contributed by atoms with Crippen molar-refractivity contribution in [2.75, 3.05) is 0 Å². The van der Waals surface area contributed by atoms with Crippen LogP contribution in [0.15, 0.2) is 64.2 Å². The number of fused-ring (bicyclic) bond motifs is 1. The second-order valence-corrected chi connectivity index (χ2v) is 9.12. The van der Waals surface area contributed by atoms with Gasteiger partial charge in [0.2, 0.25) is 11.8 Å². The van der Waals surface area contributed by atoms with Gasteiger partial charge in [0.25, 0.3) is 5.56 Å². The zero-order valence-electron chi connectivity index (χ0n) is 20.4. The molecule has 0 aliphatic rings. The third-order valence-electron chi connectivity index (χ3n) is 5.80. The first kappa shape index (κ1) is 26.4. The number of aliphatic carboxylic acids is 1. The van der Waals surface area contributed by atoms with E-state index in [4.69, 9.17) is 0 Å². The second-order valence-electron chi connectivity index (χ2n) is 9.12. The van der Waals surface area contributed by atoms with Gasteiger partial charge in [-0.1, -0.05) is 56.3 Å². The maximum atomic E-state index is 13.4. The van der Waals surface area contributed by atoms with E-state index in [0.717, 1.165) is 4.57 Å². The highest BCUT2D eigenvalue weighted by atomic mass is 16.4. The smallest absolute Gasteiger partial charge is 0.329 e. The molecule has 0 unspecified atom stereocenters. The van der Waals surface area contributed by atoms with Gasteiger partial charge in [-0.05, 0) is 37.0 Å². The Morgan fingerprint density at radius 1 is 0.917 bits per heavy atom. The third kappa shape index (κ3) is 6.26. The van der Waals surface area contributed by atoms with E-state index >= 15 is 0 Å². The summed E-state index contributed by atoms with van der Waals surface area (Å²) in [6.07, 6.45) is 0.244. The number of H-pyrrole nitrogens is 1. The van der Waals surface area contributed by atoms with Crippen LogP contribution in [-0.4, -0.2) is 44.5 Å². The Labute approximate surface area is 207 Å². The van der Waals surface area contributed by atoms with E-state index in [0.29, 0.717) is 11.1 Å². The summed E-state index contributed by atoms with van der Waals surface area (Å²) >= 11 is 0. The highest BCUT2D eigenvalue weighted by Gasteiger charge is 2.29. The molecule has 1 aromatic heterocycles. The van der Waals surface area contributed by atoms with Gasteiger partial charge in [-0.25, -0.2) is 14.2 Å². The lowest BCUT2D eigenvalue weighted by atomic mass is 10.0. The topological polar surface area (TPSA) is 150 Å². The van der Waals surface area contributed by atoms with E-state index in [1.165, 1.54) is 6.92 Å². The number of hydrogen-bond donors (Lipinski definition) is 4. The molecule has 36 heavy (non-hydrogen) atoms. The molecule has 1 heterocycles. The average molecular weight is 495 g/mol. The number of carbonyl (C=O) groups excluding carboxylic acids is 2. The molecule has 10 nitrogen and oxygen atoms in total. The molecule has 2 amide bonds. The summed E-state index contributed by atoms with van der Waals surface area (Å²) in [6.45, 7) is 5.08. The van der Waals surface area contributed by atoms with Crippen LogP contribution < -0.4 is 21.9 Å². The van der Waals surface area contributed by atoms with Gasteiger partial charge in [0.05, 0.1) is 10.9 Å². The Morgan fingerprint density at radius 3 is 2.19 bits per heavy atom. The number of carboxylic acids is 1. The Bertz CT molecular complexity index is 1360. The highest BCUT2D eigenvalue weighted by molar-refractivity contribution is 5.91. The molecule has 4 N–H and O–H groups in total. The van der Waals surface area contributed by atoms with Crippen molar-refractivity contribution in [3.05, 3.63) is 81.0 Å². The Morgan fingerprint density at radius 2 is 1.56 bits per heavy atom. The fourth-order valence-corrected chi connectivity index (χ4v) is 3.96. The fraction of sp³-hybridized carbons (Fsp3) is 0.346. The molecular weight excluding hydrogens is 464 g/mol. The number of rotatable bonds is 10. The number of para-hydroxylation sites is 1. The quantitative estimate of drug-likeness (QED) is 0.336. The molecule has 0 aliphatic carbocycles. The van der Waals surface area contributed by atoms with Gasteiger partial charge in [0, 0.05) is 6.42 Å². The van der Waals surface area contributed by atoms with Crippen LogP contribution in [0.3, 0.4) is 0 Å². The van der Waals surface area contributed by atoms with Crippen molar-refractivity contribution < 1.29 is 19.5 Å². The lowest BCUT2D eigenvalue weighted by Crippen LogP contribution is -2.53. The normalized spacial score (nSPS) is 13.7. The fourth-order valence-electron chi connectivity index (χ4n) is 3.96. The number of aromatic amines is 1. The summed E-state index contributed by atoms with van der Waals surface area (Å²) < 4.78 is 0.855. The second kappa shape index (κ2) is 11.5. The predicted octanol–water partition coefficient (Wildman–Crippen LogP) is 1.59. The number of amides is 2. The number of carbonyl (C=O) groups is 3. The largest absolute Gasteiger partial charge is 0.480 e. The third-order valence-corrected chi connectivity index (χ3v) is 5.80. The summed E-state index contributed by atoms with van der Waals surface area (Å²) in [5, 5.41) is 14.6. The summed E-state index contributed by atoms with van der Waals surface area (Å²) in [4.78, 5) is 66.4. The minimum absolute atomic E-state index is 0.0213. The summed E-state index contributed by atoms with van der Waals surface area (Å²) in [5.41, 5.74) is -0.336. The van der Waals surface area contributed by atoms with Crippen molar-refractivity contribution >= 4 is 28.7 Å². The lowest BCUT2D eigenvalue weighted by molar-refractivity contribution is -0.142. The summed E-state index contributed by atoms with van der Waals surface area (Å²) in [6, 6.07) is 11.9. The maximum Gasteiger partial charge on any atom is 0.329 e. The van der Waals surface area contributed by atoms with Crippen molar-refractivity contribution in [1.29, 1.82) is 0 Å². The molecule has 0 saturated heterocycles. The standard InChI is InChI=1S/C26H30N4O6/c1-15(2)13-20(25(34)35)28-22(31)16(3)27-23(32)21(14-17-9-5-4-6-10-17)30-24(33)18-11-7-8-12-19(18)29-26(30)36/h4-12,15-16,20-21H,13-14H2,1-3H3,(H,27,32)(H,28,31)(H,29,36)(H,34,35)/t16-,20-,21-/m0/s1. The Hall–Kier alpha value is -4.21. The van der Waals surface area contributed by atoms with E-state index in [9.17, 15) is 29.1 Å². The van der Waals surface area contributed by atoms with Crippen molar-refractivity contribution in [2.45, 2.75) is 51.7 Å². The minimum Gasteiger partial charge on any atom is -0.480 e. The number of aromatic nitrogens is 2.